The molecule has 4 heterocycles. The third kappa shape index (κ3) is 5.02. The molecule has 0 N–H and O–H groups in total. The Labute approximate surface area is 194 Å². The van der Waals surface area contributed by atoms with Crippen molar-refractivity contribution < 1.29 is 22.7 Å². The van der Waals surface area contributed by atoms with Gasteiger partial charge in [0.25, 0.3) is 5.91 Å². The second-order valence-corrected chi connectivity index (χ2v) is 8.55. The van der Waals surface area contributed by atoms with Gasteiger partial charge in [0, 0.05) is 24.5 Å². The molecule has 3 aromatic heterocycles. The first kappa shape index (κ1) is 23.7. The average Bonchev–Trinajstić information content (AvgIpc) is 3.33. The number of ether oxygens (including phenoxy) is 1. The lowest BCUT2D eigenvalue weighted by Crippen LogP contribution is -2.53. The number of piperidine rings is 1. The van der Waals surface area contributed by atoms with Gasteiger partial charge in [0.15, 0.2) is 5.69 Å². The van der Waals surface area contributed by atoms with Crippen LogP contribution in [-0.4, -0.2) is 54.5 Å². The molecule has 11 heteroatoms. The molecule has 1 aliphatic rings. The van der Waals surface area contributed by atoms with E-state index in [-0.39, 0.29) is 29.4 Å². The van der Waals surface area contributed by atoms with Crippen molar-refractivity contribution in [1.29, 1.82) is 0 Å². The molecular weight excluding hydrogens is 449 g/mol. The lowest BCUT2D eigenvalue weighted by molar-refractivity contribution is -0.137. The molecule has 1 fully saturated rings. The van der Waals surface area contributed by atoms with Crippen LogP contribution in [0.5, 0.6) is 5.88 Å². The number of rotatable bonds is 5. The summed E-state index contributed by atoms with van der Waals surface area (Å²) in [6.45, 7) is 6.16. The molecule has 4 rings (SSSR count). The SMILES string of the molecule is Cc1ccc(-n2nccn2)c(C(=O)N2CC(C)CCC2C(C)Oc2ccc(C(F)(F)F)cn2)n1. The maximum Gasteiger partial charge on any atom is 0.417 e. The summed E-state index contributed by atoms with van der Waals surface area (Å²) in [5, 5.41) is 8.27. The third-order valence-corrected chi connectivity index (χ3v) is 5.89. The number of hydrogen-bond donors (Lipinski definition) is 0. The highest BCUT2D eigenvalue weighted by atomic mass is 19.4. The van der Waals surface area contributed by atoms with Gasteiger partial charge in [-0.05, 0) is 50.8 Å². The fourth-order valence-corrected chi connectivity index (χ4v) is 4.13. The zero-order chi connectivity index (χ0) is 24.5. The molecule has 3 aromatic rings. The summed E-state index contributed by atoms with van der Waals surface area (Å²) in [4.78, 5) is 25.1. The van der Waals surface area contributed by atoms with Crippen LogP contribution in [-0.2, 0) is 6.18 Å². The Bertz CT molecular complexity index is 1130. The number of nitrogens with zero attached hydrogens (tertiary/aromatic N) is 6. The van der Waals surface area contributed by atoms with Crippen molar-refractivity contribution in [3.63, 3.8) is 0 Å². The number of aryl methyl sites for hydroxylation is 1. The van der Waals surface area contributed by atoms with E-state index in [4.69, 9.17) is 4.74 Å². The minimum Gasteiger partial charge on any atom is -0.472 e. The first-order valence-electron chi connectivity index (χ1n) is 11.0. The molecule has 1 saturated heterocycles. The molecule has 8 nitrogen and oxygen atoms in total. The summed E-state index contributed by atoms with van der Waals surface area (Å²) in [5.74, 6) is 0.0673. The van der Waals surface area contributed by atoms with Crippen molar-refractivity contribution in [2.45, 2.75) is 51.9 Å². The van der Waals surface area contributed by atoms with Gasteiger partial charge in [0.1, 0.15) is 11.8 Å². The van der Waals surface area contributed by atoms with Crippen molar-refractivity contribution in [3.8, 4) is 11.6 Å². The van der Waals surface area contributed by atoms with Crippen molar-refractivity contribution in [1.82, 2.24) is 29.9 Å². The Kier molecular flexibility index (Phi) is 6.54. The topological polar surface area (TPSA) is 86.0 Å². The van der Waals surface area contributed by atoms with E-state index in [0.29, 0.717) is 24.3 Å². The minimum atomic E-state index is -4.47. The molecule has 3 unspecified atom stereocenters. The van der Waals surface area contributed by atoms with E-state index in [1.165, 1.54) is 23.3 Å². The second-order valence-electron chi connectivity index (χ2n) is 8.55. The van der Waals surface area contributed by atoms with Crippen LogP contribution in [0.3, 0.4) is 0 Å². The molecular formula is C23H25F3N6O2. The summed E-state index contributed by atoms with van der Waals surface area (Å²) in [6, 6.07) is 5.35. The molecule has 1 amide bonds. The molecule has 34 heavy (non-hydrogen) atoms. The largest absolute Gasteiger partial charge is 0.472 e. The van der Waals surface area contributed by atoms with Crippen LogP contribution >= 0.6 is 0 Å². The molecule has 0 bridgehead atoms. The number of carbonyl (C=O) groups is 1. The standard InChI is InChI=1S/C23H25F3N6O2/c1-14-4-7-18(16(3)34-20-9-6-17(12-27-20)23(24,25)26)31(13-14)22(33)21-19(8-5-15(2)30-21)32-28-10-11-29-32/h5-6,8-12,14,16,18H,4,7,13H2,1-3H3. The number of carbonyl (C=O) groups excluding carboxylic acids is 1. The van der Waals surface area contributed by atoms with Gasteiger partial charge >= 0.3 is 6.18 Å². The van der Waals surface area contributed by atoms with Crippen molar-refractivity contribution in [3.05, 3.63) is 59.8 Å². The Morgan fingerprint density at radius 1 is 1.15 bits per heavy atom. The molecule has 0 radical (unpaired) electrons. The van der Waals surface area contributed by atoms with Gasteiger partial charge in [-0.1, -0.05) is 6.92 Å². The minimum absolute atomic E-state index is 0.0710. The van der Waals surface area contributed by atoms with Gasteiger partial charge in [-0.2, -0.15) is 23.4 Å². The molecule has 3 atom stereocenters. The summed E-state index contributed by atoms with van der Waals surface area (Å²) in [5.41, 5.74) is 0.533. The normalized spacial score (nSPS) is 19.6. The van der Waals surface area contributed by atoms with Crippen LogP contribution in [0.4, 0.5) is 13.2 Å². The third-order valence-electron chi connectivity index (χ3n) is 5.89. The van der Waals surface area contributed by atoms with Gasteiger partial charge < -0.3 is 9.64 Å². The van der Waals surface area contributed by atoms with E-state index >= 15 is 0 Å². The Morgan fingerprint density at radius 3 is 2.53 bits per heavy atom. The predicted octanol–water partition coefficient (Wildman–Crippen LogP) is 4.09. The van der Waals surface area contributed by atoms with E-state index in [1.54, 1.807) is 30.9 Å². The average molecular weight is 474 g/mol. The van der Waals surface area contributed by atoms with Gasteiger partial charge in [0.2, 0.25) is 5.88 Å². The number of pyridine rings is 2. The second kappa shape index (κ2) is 9.40. The number of alkyl halides is 3. The monoisotopic (exact) mass is 474 g/mol. The first-order valence-corrected chi connectivity index (χ1v) is 11.0. The van der Waals surface area contributed by atoms with Crippen LogP contribution in [0.15, 0.2) is 42.9 Å². The van der Waals surface area contributed by atoms with Crippen molar-refractivity contribution >= 4 is 5.91 Å². The van der Waals surface area contributed by atoms with Gasteiger partial charge in [-0.15, -0.1) is 4.80 Å². The number of likely N-dealkylation sites (tertiary alicyclic amines) is 1. The highest BCUT2D eigenvalue weighted by molar-refractivity contribution is 5.96. The quantitative estimate of drug-likeness (QED) is 0.554. The predicted molar refractivity (Wildman–Crippen MR) is 116 cm³/mol. The zero-order valence-electron chi connectivity index (χ0n) is 19.0. The summed E-state index contributed by atoms with van der Waals surface area (Å²) >= 11 is 0. The smallest absolute Gasteiger partial charge is 0.417 e. The molecule has 180 valence electrons. The number of hydrogen-bond acceptors (Lipinski definition) is 6. The lowest BCUT2D eigenvalue weighted by atomic mass is 9.91. The fraction of sp³-hybridized carbons (Fsp3) is 0.435. The summed E-state index contributed by atoms with van der Waals surface area (Å²) in [7, 11) is 0. The van der Waals surface area contributed by atoms with Crippen LogP contribution < -0.4 is 4.74 Å². The Hall–Kier alpha value is -3.50. The first-order chi connectivity index (χ1) is 16.1. The van der Waals surface area contributed by atoms with E-state index in [0.717, 1.165) is 18.7 Å². The molecule has 0 spiro atoms. The van der Waals surface area contributed by atoms with Gasteiger partial charge in [-0.3, -0.25) is 4.79 Å². The molecule has 0 aromatic carbocycles. The van der Waals surface area contributed by atoms with Gasteiger partial charge in [-0.25, -0.2) is 9.97 Å². The Morgan fingerprint density at radius 2 is 1.88 bits per heavy atom. The molecule has 0 aliphatic carbocycles. The summed E-state index contributed by atoms with van der Waals surface area (Å²) in [6.07, 6.45) is 0.375. The molecule has 1 aliphatic heterocycles. The van der Waals surface area contributed by atoms with E-state index in [9.17, 15) is 18.0 Å². The lowest BCUT2D eigenvalue weighted by Gasteiger charge is -2.41. The Balaban J connectivity index is 1.59. The van der Waals surface area contributed by atoms with Crippen molar-refractivity contribution in [2.24, 2.45) is 5.92 Å². The number of amides is 1. The fourth-order valence-electron chi connectivity index (χ4n) is 4.13. The van der Waals surface area contributed by atoms with E-state index in [2.05, 4.69) is 27.1 Å². The van der Waals surface area contributed by atoms with E-state index in [1.807, 2.05) is 0 Å². The van der Waals surface area contributed by atoms with Crippen LogP contribution in [0.2, 0.25) is 0 Å². The number of aromatic nitrogens is 5. The highest BCUT2D eigenvalue weighted by Gasteiger charge is 2.37. The number of halogens is 3. The van der Waals surface area contributed by atoms with Crippen LogP contribution in [0.25, 0.3) is 5.69 Å². The summed E-state index contributed by atoms with van der Waals surface area (Å²) < 4.78 is 44.4. The van der Waals surface area contributed by atoms with Crippen LogP contribution in [0, 0.1) is 12.8 Å². The van der Waals surface area contributed by atoms with Gasteiger partial charge in [0.05, 0.1) is 24.0 Å². The van der Waals surface area contributed by atoms with Crippen molar-refractivity contribution in [2.75, 3.05) is 6.54 Å². The highest BCUT2D eigenvalue weighted by Crippen LogP contribution is 2.31. The molecule has 0 saturated carbocycles. The zero-order valence-corrected chi connectivity index (χ0v) is 19.0. The van der Waals surface area contributed by atoms with E-state index < -0.39 is 17.8 Å². The maximum absolute atomic E-state index is 13.7. The van der Waals surface area contributed by atoms with Crippen LogP contribution in [0.1, 0.15) is 48.4 Å². The maximum atomic E-state index is 13.7.